The Morgan fingerprint density at radius 2 is 2.05 bits per heavy atom. The van der Waals surface area contributed by atoms with Crippen molar-refractivity contribution < 1.29 is 9.84 Å². The average molecular weight is 266 g/mol. The molecule has 0 radical (unpaired) electrons. The summed E-state index contributed by atoms with van der Waals surface area (Å²) in [6.45, 7) is 7.13. The highest BCUT2D eigenvalue weighted by molar-refractivity contribution is 5.61. The van der Waals surface area contributed by atoms with Crippen molar-refractivity contribution in [2.45, 2.75) is 45.6 Å². The SMILES string of the molecule is CCCOc1cc(NCC(C)(O)CCC)ccc1N. The fourth-order valence-electron chi connectivity index (χ4n) is 1.90. The van der Waals surface area contributed by atoms with Crippen molar-refractivity contribution in [1.29, 1.82) is 0 Å². The second-order valence-corrected chi connectivity index (χ2v) is 5.20. The van der Waals surface area contributed by atoms with E-state index in [1.807, 2.05) is 25.1 Å². The molecule has 0 aromatic heterocycles. The fourth-order valence-corrected chi connectivity index (χ4v) is 1.90. The number of nitrogens with one attached hydrogen (secondary N) is 1. The summed E-state index contributed by atoms with van der Waals surface area (Å²) in [5, 5.41) is 13.4. The van der Waals surface area contributed by atoms with Crippen LogP contribution in [0.3, 0.4) is 0 Å². The van der Waals surface area contributed by atoms with Crippen LogP contribution in [0.4, 0.5) is 11.4 Å². The summed E-state index contributed by atoms with van der Waals surface area (Å²) >= 11 is 0. The summed E-state index contributed by atoms with van der Waals surface area (Å²) in [7, 11) is 0. The Hall–Kier alpha value is -1.42. The molecule has 19 heavy (non-hydrogen) atoms. The zero-order valence-electron chi connectivity index (χ0n) is 12.2. The fraction of sp³-hybridized carbons (Fsp3) is 0.600. The van der Waals surface area contributed by atoms with Crippen molar-refractivity contribution in [1.82, 2.24) is 0 Å². The lowest BCUT2D eigenvalue weighted by Gasteiger charge is -2.23. The van der Waals surface area contributed by atoms with Crippen LogP contribution in [0.15, 0.2) is 18.2 Å². The highest BCUT2D eigenvalue weighted by atomic mass is 16.5. The molecule has 4 nitrogen and oxygen atoms in total. The molecule has 0 aliphatic rings. The molecule has 0 aliphatic heterocycles. The molecule has 0 aliphatic carbocycles. The third-order valence-electron chi connectivity index (χ3n) is 2.94. The van der Waals surface area contributed by atoms with Gasteiger partial charge in [0.1, 0.15) is 5.75 Å². The van der Waals surface area contributed by atoms with Gasteiger partial charge < -0.3 is 20.9 Å². The Labute approximate surface area is 116 Å². The highest BCUT2D eigenvalue weighted by Gasteiger charge is 2.18. The largest absolute Gasteiger partial charge is 0.491 e. The van der Waals surface area contributed by atoms with E-state index in [9.17, 15) is 5.11 Å². The molecule has 1 aromatic rings. The van der Waals surface area contributed by atoms with E-state index in [2.05, 4.69) is 19.2 Å². The van der Waals surface area contributed by atoms with E-state index >= 15 is 0 Å². The molecular formula is C15H26N2O2. The summed E-state index contributed by atoms with van der Waals surface area (Å²) in [5.41, 5.74) is 6.72. The Bertz CT molecular complexity index is 392. The van der Waals surface area contributed by atoms with Gasteiger partial charge in [-0.25, -0.2) is 0 Å². The first-order valence-corrected chi connectivity index (χ1v) is 6.97. The van der Waals surface area contributed by atoms with E-state index in [-0.39, 0.29) is 0 Å². The van der Waals surface area contributed by atoms with Crippen LogP contribution in [0.1, 0.15) is 40.0 Å². The van der Waals surface area contributed by atoms with E-state index in [0.717, 1.165) is 24.9 Å². The molecule has 1 atom stereocenters. The lowest BCUT2D eigenvalue weighted by Crippen LogP contribution is -2.33. The Morgan fingerprint density at radius 3 is 2.68 bits per heavy atom. The third-order valence-corrected chi connectivity index (χ3v) is 2.94. The van der Waals surface area contributed by atoms with Crippen LogP contribution in [0, 0.1) is 0 Å². The van der Waals surface area contributed by atoms with Crippen LogP contribution >= 0.6 is 0 Å². The van der Waals surface area contributed by atoms with E-state index in [1.165, 1.54) is 0 Å². The number of ether oxygens (including phenoxy) is 1. The van der Waals surface area contributed by atoms with Gasteiger partial charge in [0, 0.05) is 18.3 Å². The smallest absolute Gasteiger partial charge is 0.144 e. The number of hydrogen-bond acceptors (Lipinski definition) is 4. The van der Waals surface area contributed by atoms with E-state index in [1.54, 1.807) is 0 Å². The summed E-state index contributed by atoms with van der Waals surface area (Å²) < 4.78 is 5.58. The third kappa shape index (κ3) is 5.39. The predicted molar refractivity (Wildman–Crippen MR) is 80.7 cm³/mol. The van der Waals surface area contributed by atoms with Gasteiger partial charge in [-0.3, -0.25) is 0 Å². The van der Waals surface area contributed by atoms with Crippen LogP contribution in [-0.4, -0.2) is 23.9 Å². The second-order valence-electron chi connectivity index (χ2n) is 5.20. The van der Waals surface area contributed by atoms with Gasteiger partial charge in [0.05, 0.1) is 17.9 Å². The second kappa shape index (κ2) is 7.24. The van der Waals surface area contributed by atoms with Gasteiger partial charge in [-0.2, -0.15) is 0 Å². The first-order valence-electron chi connectivity index (χ1n) is 6.97. The average Bonchev–Trinajstić information content (AvgIpc) is 2.36. The number of rotatable bonds is 8. The normalized spacial score (nSPS) is 13.9. The van der Waals surface area contributed by atoms with Crippen molar-refractivity contribution in [2.24, 2.45) is 0 Å². The Morgan fingerprint density at radius 1 is 1.32 bits per heavy atom. The zero-order valence-corrected chi connectivity index (χ0v) is 12.2. The van der Waals surface area contributed by atoms with Gasteiger partial charge in [-0.15, -0.1) is 0 Å². The topological polar surface area (TPSA) is 67.5 Å². The molecule has 0 bridgehead atoms. The van der Waals surface area contributed by atoms with E-state index in [4.69, 9.17) is 10.5 Å². The zero-order chi connectivity index (χ0) is 14.3. The Balaban J connectivity index is 2.63. The molecule has 0 amide bonds. The van der Waals surface area contributed by atoms with Crippen molar-refractivity contribution in [3.05, 3.63) is 18.2 Å². The minimum atomic E-state index is -0.694. The van der Waals surface area contributed by atoms with Gasteiger partial charge in [0.25, 0.3) is 0 Å². The molecule has 0 spiro atoms. The van der Waals surface area contributed by atoms with Gasteiger partial charge in [-0.1, -0.05) is 20.3 Å². The maximum Gasteiger partial charge on any atom is 0.144 e. The molecule has 0 heterocycles. The van der Waals surface area contributed by atoms with Gasteiger partial charge in [-0.05, 0) is 31.9 Å². The van der Waals surface area contributed by atoms with Crippen LogP contribution in [0.25, 0.3) is 0 Å². The summed E-state index contributed by atoms with van der Waals surface area (Å²) in [5.74, 6) is 0.696. The number of anilines is 2. The molecule has 1 rings (SSSR count). The minimum absolute atomic E-state index is 0.512. The molecule has 0 saturated carbocycles. The summed E-state index contributed by atoms with van der Waals surface area (Å²) in [6, 6.07) is 5.60. The predicted octanol–water partition coefficient (Wildman–Crippen LogP) is 3.02. The summed E-state index contributed by atoms with van der Waals surface area (Å²) in [6.07, 6.45) is 2.68. The number of nitrogens with two attached hydrogens (primary N) is 1. The molecule has 4 N–H and O–H groups in total. The standard InChI is InChI=1S/C15H26N2O2/c1-4-8-15(3,18)11-17-12-6-7-13(16)14(10-12)19-9-5-2/h6-7,10,17-18H,4-5,8-9,11,16H2,1-3H3. The monoisotopic (exact) mass is 266 g/mol. The molecule has 1 aromatic carbocycles. The van der Waals surface area contributed by atoms with Crippen LogP contribution in [-0.2, 0) is 0 Å². The van der Waals surface area contributed by atoms with Gasteiger partial charge in [0.15, 0.2) is 0 Å². The highest BCUT2D eigenvalue weighted by Crippen LogP contribution is 2.26. The molecule has 4 heteroatoms. The molecule has 0 fully saturated rings. The molecule has 108 valence electrons. The number of aliphatic hydroxyl groups is 1. The first kappa shape index (κ1) is 15.6. The molecule has 0 saturated heterocycles. The van der Waals surface area contributed by atoms with Crippen LogP contribution in [0.5, 0.6) is 5.75 Å². The number of benzene rings is 1. The number of hydrogen-bond donors (Lipinski definition) is 3. The Kier molecular flexibility index (Phi) is 5.96. The van der Waals surface area contributed by atoms with E-state index < -0.39 is 5.60 Å². The maximum absolute atomic E-state index is 10.1. The van der Waals surface area contributed by atoms with Gasteiger partial charge in [0.2, 0.25) is 0 Å². The van der Waals surface area contributed by atoms with Crippen molar-refractivity contribution >= 4 is 11.4 Å². The number of nitrogen functional groups attached to an aromatic ring is 1. The lowest BCUT2D eigenvalue weighted by molar-refractivity contribution is 0.0637. The maximum atomic E-state index is 10.1. The van der Waals surface area contributed by atoms with Crippen molar-refractivity contribution in [3.8, 4) is 5.75 Å². The minimum Gasteiger partial charge on any atom is -0.491 e. The van der Waals surface area contributed by atoms with Crippen LogP contribution < -0.4 is 15.8 Å². The van der Waals surface area contributed by atoms with Gasteiger partial charge >= 0.3 is 0 Å². The van der Waals surface area contributed by atoms with Crippen molar-refractivity contribution in [2.75, 3.05) is 24.2 Å². The van der Waals surface area contributed by atoms with E-state index in [0.29, 0.717) is 24.6 Å². The quantitative estimate of drug-likeness (QED) is 0.633. The molecular weight excluding hydrogens is 240 g/mol. The summed E-state index contributed by atoms with van der Waals surface area (Å²) in [4.78, 5) is 0. The van der Waals surface area contributed by atoms with Crippen LogP contribution in [0.2, 0.25) is 0 Å². The first-order chi connectivity index (χ1) is 8.98. The lowest BCUT2D eigenvalue weighted by atomic mass is 10.0. The van der Waals surface area contributed by atoms with Crippen molar-refractivity contribution in [3.63, 3.8) is 0 Å². The molecule has 1 unspecified atom stereocenters.